The molecule has 1 atom stereocenters. The summed E-state index contributed by atoms with van der Waals surface area (Å²) in [6, 6.07) is 10.7. The summed E-state index contributed by atoms with van der Waals surface area (Å²) in [5.41, 5.74) is 3.29. The van der Waals surface area contributed by atoms with Gasteiger partial charge >= 0.3 is 5.97 Å². The molecule has 0 saturated carbocycles. The SMILES string of the molecule is COC(=O)CC(CC1CCN(C(=O)CCCc2ccc3c(n2)NCCC3)CC1)c1ccc(F)cc1. The number of methoxy groups -OCH3 is 1. The van der Waals surface area contributed by atoms with E-state index < -0.39 is 0 Å². The molecule has 35 heavy (non-hydrogen) atoms. The minimum absolute atomic E-state index is 0.00564. The summed E-state index contributed by atoms with van der Waals surface area (Å²) in [7, 11) is 1.40. The van der Waals surface area contributed by atoms with Crippen LogP contribution in [0.2, 0.25) is 0 Å². The van der Waals surface area contributed by atoms with Crippen molar-refractivity contribution in [3.8, 4) is 0 Å². The topological polar surface area (TPSA) is 71.5 Å². The van der Waals surface area contributed by atoms with Crippen LogP contribution in [0, 0.1) is 11.7 Å². The van der Waals surface area contributed by atoms with Crippen LogP contribution in [0.4, 0.5) is 10.2 Å². The summed E-state index contributed by atoms with van der Waals surface area (Å²) >= 11 is 0. The lowest BCUT2D eigenvalue weighted by Gasteiger charge is -2.34. The molecule has 2 aromatic rings. The third-order valence-electron chi connectivity index (χ3n) is 7.34. The molecule has 1 fully saturated rings. The fourth-order valence-corrected chi connectivity index (χ4v) is 5.26. The Morgan fingerprint density at radius 1 is 1.17 bits per heavy atom. The van der Waals surface area contributed by atoms with E-state index in [1.165, 1.54) is 24.8 Å². The lowest BCUT2D eigenvalue weighted by molar-refractivity contribution is -0.141. The molecule has 1 aromatic carbocycles. The van der Waals surface area contributed by atoms with Crippen molar-refractivity contribution in [1.29, 1.82) is 0 Å². The van der Waals surface area contributed by atoms with Crippen molar-refractivity contribution in [1.82, 2.24) is 9.88 Å². The molecule has 0 radical (unpaired) electrons. The molecule has 6 nitrogen and oxygen atoms in total. The lowest BCUT2D eigenvalue weighted by Crippen LogP contribution is -2.38. The van der Waals surface area contributed by atoms with Crippen LogP contribution in [-0.4, -0.2) is 48.5 Å². The van der Waals surface area contributed by atoms with Gasteiger partial charge in [0, 0.05) is 31.7 Å². The van der Waals surface area contributed by atoms with E-state index in [9.17, 15) is 14.0 Å². The average molecular weight is 482 g/mol. The second-order valence-electron chi connectivity index (χ2n) is 9.78. The number of benzene rings is 1. The number of rotatable bonds is 9. The van der Waals surface area contributed by atoms with Gasteiger partial charge in [-0.2, -0.15) is 0 Å². The van der Waals surface area contributed by atoms with Crippen LogP contribution in [0.5, 0.6) is 0 Å². The van der Waals surface area contributed by atoms with Gasteiger partial charge in [0.25, 0.3) is 0 Å². The number of fused-ring (bicyclic) bond motifs is 1. The number of likely N-dealkylation sites (tertiary alicyclic amines) is 1. The van der Waals surface area contributed by atoms with Gasteiger partial charge in [-0.25, -0.2) is 9.37 Å². The standard InChI is InChI=1S/C28H36FN3O3/c1-35-27(34)19-23(21-7-10-24(29)11-8-21)18-20-13-16-32(17-14-20)26(33)6-2-5-25-12-9-22-4-3-15-30-28(22)31-25/h7-12,20,23H,2-6,13-19H2,1H3,(H,30,31). The van der Waals surface area contributed by atoms with Crippen molar-refractivity contribution < 1.29 is 18.7 Å². The van der Waals surface area contributed by atoms with E-state index >= 15 is 0 Å². The van der Waals surface area contributed by atoms with Gasteiger partial charge in [-0.05, 0) is 86.1 Å². The first-order valence-electron chi connectivity index (χ1n) is 12.8. The van der Waals surface area contributed by atoms with Crippen molar-refractivity contribution in [2.45, 2.75) is 63.7 Å². The number of aryl methyl sites for hydroxylation is 2. The molecular weight excluding hydrogens is 445 g/mol. The number of amides is 1. The third kappa shape index (κ3) is 7.03. The maximum Gasteiger partial charge on any atom is 0.306 e. The Morgan fingerprint density at radius 3 is 2.69 bits per heavy atom. The highest BCUT2D eigenvalue weighted by molar-refractivity contribution is 5.76. The Labute approximate surface area is 207 Å². The van der Waals surface area contributed by atoms with Gasteiger partial charge < -0.3 is 15.0 Å². The van der Waals surface area contributed by atoms with E-state index in [1.54, 1.807) is 12.1 Å². The molecule has 2 aliphatic heterocycles. The fourth-order valence-electron chi connectivity index (χ4n) is 5.26. The van der Waals surface area contributed by atoms with Crippen molar-refractivity contribution >= 4 is 17.7 Å². The van der Waals surface area contributed by atoms with E-state index in [-0.39, 0.29) is 30.0 Å². The normalized spacial score (nSPS) is 16.8. The van der Waals surface area contributed by atoms with Crippen molar-refractivity contribution in [3.63, 3.8) is 0 Å². The number of piperidine rings is 1. The summed E-state index contributed by atoms with van der Waals surface area (Å²) in [4.78, 5) is 31.5. The van der Waals surface area contributed by atoms with Gasteiger partial charge in [0.1, 0.15) is 11.6 Å². The number of halogens is 1. The van der Waals surface area contributed by atoms with Crippen LogP contribution in [0.3, 0.4) is 0 Å². The highest BCUT2D eigenvalue weighted by atomic mass is 19.1. The second-order valence-corrected chi connectivity index (χ2v) is 9.78. The Kier molecular flexibility index (Phi) is 8.72. The first-order chi connectivity index (χ1) is 17.0. The van der Waals surface area contributed by atoms with Crippen LogP contribution >= 0.6 is 0 Å². The first kappa shape index (κ1) is 25.1. The van der Waals surface area contributed by atoms with Crippen molar-refractivity contribution in [3.05, 3.63) is 59.0 Å². The molecule has 1 unspecified atom stereocenters. The quantitative estimate of drug-likeness (QED) is 0.517. The van der Waals surface area contributed by atoms with Crippen molar-refractivity contribution in [2.75, 3.05) is 32.1 Å². The molecule has 0 aliphatic carbocycles. The number of ether oxygens (including phenoxy) is 1. The van der Waals surface area contributed by atoms with Crippen molar-refractivity contribution in [2.24, 2.45) is 5.92 Å². The lowest BCUT2D eigenvalue weighted by atomic mass is 9.82. The van der Waals surface area contributed by atoms with Crippen LogP contribution in [0.1, 0.15) is 67.7 Å². The van der Waals surface area contributed by atoms with Crippen LogP contribution in [0.15, 0.2) is 36.4 Å². The summed E-state index contributed by atoms with van der Waals surface area (Å²) < 4.78 is 18.3. The maximum absolute atomic E-state index is 13.4. The molecule has 1 N–H and O–H groups in total. The Hall–Kier alpha value is -2.96. The highest BCUT2D eigenvalue weighted by Crippen LogP contribution is 2.33. The molecule has 0 spiro atoms. The Balaban J connectivity index is 1.23. The predicted molar refractivity (Wildman–Crippen MR) is 134 cm³/mol. The number of nitrogens with zero attached hydrogens (tertiary/aromatic N) is 2. The van der Waals surface area contributed by atoms with Crippen LogP contribution < -0.4 is 5.32 Å². The number of esters is 1. The van der Waals surface area contributed by atoms with E-state index in [2.05, 4.69) is 17.4 Å². The van der Waals surface area contributed by atoms with Gasteiger partial charge in [-0.15, -0.1) is 0 Å². The molecule has 7 heteroatoms. The van der Waals surface area contributed by atoms with E-state index in [0.717, 1.165) is 81.7 Å². The van der Waals surface area contributed by atoms with Gasteiger partial charge in [0.05, 0.1) is 13.5 Å². The van der Waals surface area contributed by atoms with Crippen LogP contribution in [0.25, 0.3) is 0 Å². The zero-order chi connectivity index (χ0) is 24.6. The summed E-state index contributed by atoms with van der Waals surface area (Å²) in [6.07, 6.45) is 7.34. The number of pyridine rings is 1. The van der Waals surface area contributed by atoms with Gasteiger partial charge in [0.15, 0.2) is 0 Å². The smallest absolute Gasteiger partial charge is 0.306 e. The summed E-state index contributed by atoms with van der Waals surface area (Å²) in [6.45, 7) is 2.48. The minimum Gasteiger partial charge on any atom is -0.469 e. The van der Waals surface area contributed by atoms with E-state index in [1.807, 2.05) is 4.90 Å². The van der Waals surface area contributed by atoms with Gasteiger partial charge in [-0.1, -0.05) is 18.2 Å². The summed E-state index contributed by atoms with van der Waals surface area (Å²) in [5.74, 6) is 1.10. The number of hydrogen-bond donors (Lipinski definition) is 1. The highest BCUT2D eigenvalue weighted by Gasteiger charge is 2.27. The van der Waals surface area contributed by atoms with Crippen LogP contribution in [-0.2, 0) is 27.2 Å². The molecule has 1 aromatic heterocycles. The zero-order valence-corrected chi connectivity index (χ0v) is 20.6. The third-order valence-corrected chi connectivity index (χ3v) is 7.34. The molecule has 4 rings (SSSR count). The Morgan fingerprint density at radius 2 is 1.94 bits per heavy atom. The fraction of sp³-hybridized carbons (Fsp3) is 0.536. The number of carbonyl (C=O) groups is 2. The number of aromatic nitrogens is 1. The largest absolute Gasteiger partial charge is 0.469 e. The molecular formula is C28H36FN3O3. The first-order valence-corrected chi connectivity index (χ1v) is 12.8. The second kappa shape index (κ2) is 12.1. The molecule has 3 heterocycles. The van der Waals surface area contributed by atoms with Gasteiger partial charge in [-0.3, -0.25) is 9.59 Å². The van der Waals surface area contributed by atoms with Gasteiger partial charge in [0.2, 0.25) is 5.91 Å². The molecule has 0 bridgehead atoms. The number of nitrogens with one attached hydrogen (secondary N) is 1. The van der Waals surface area contributed by atoms with E-state index in [0.29, 0.717) is 12.3 Å². The maximum atomic E-state index is 13.4. The van der Waals surface area contributed by atoms with E-state index in [4.69, 9.17) is 9.72 Å². The molecule has 188 valence electrons. The minimum atomic E-state index is -0.281. The average Bonchev–Trinajstić information content (AvgIpc) is 2.89. The molecule has 1 saturated heterocycles. The Bertz CT molecular complexity index is 1000. The predicted octanol–water partition coefficient (Wildman–Crippen LogP) is 4.88. The summed E-state index contributed by atoms with van der Waals surface area (Å²) in [5, 5.41) is 3.37. The monoisotopic (exact) mass is 481 g/mol. The zero-order valence-electron chi connectivity index (χ0n) is 20.6. The molecule has 1 amide bonds. The number of hydrogen-bond acceptors (Lipinski definition) is 5. The number of carbonyl (C=O) groups excluding carboxylic acids is 2. The number of anilines is 1. The molecule has 2 aliphatic rings.